The van der Waals surface area contributed by atoms with Crippen molar-refractivity contribution in [1.29, 1.82) is 0 Å². The first-order valence-electron chi connectivity index (χ1n) is 9.57. The molecule has 0 aliphatic carbocycles. The molecule has 2 amide bonds. The molecule has 1 aliphatic rings. The molecule has 5 nitrogen and oxygen atoms in total. The van der Waals surface area contributed by atoms with Crippen molar-refractivity contribution in [3.63, 3.8) is 0 Å². The third-order valence-electron chi connectivity index (χ3n) is 4.63. The van der Waals surface area contributed by atoms with E-state index in [0.29, 0.717) is 17.4 Å². The molecule has 3 rings (SSSR count). The van der Waals surface area contributed by atoms with Crippen LogP contribution in [0.15, 0.2) is 47.5 Å². The predicted molar refractivity (Wildman–Crippen MR) is 116 cm³/mol. The summed E-state index contributed by atoms with van der Waals surface area (Å²) in [6.45, 7) is 6.39. The molecule has 0 radical (unpaired) electrons. The van der Waals surface area contributed by atoms with Crippen molar-refractivity contribution in [2.45, 2.75) is 38.9 Å². The van der Waals surface area contributed by atoms with Gasteiger partial charge in [0, 0.05) is 18.7 Å². The number of benzene rings is 2. The van der Waals surface area contributed by atoms with Gasteiger partial charge in [-0.15, -0.1) is 0 Å². The number of halogens is 1. The molecular weight excluding hydrogens is 389 g/mol. The first-order chi connectivity index (χ1) is 13.9. The summed E-state index contributed by atoms with van der Waals surface area (Å²) < 4.78 is 13.1. The third kappa shape index (κ3) is 5.03. The fourth-order valence-corrected chi connectivity index (χ4v) is 4.33. The lowest BCUT2D eigenvalue weighted by molar-refractivity contribution is -0.128. The molecule has 2 aromatic carbocycles. The van der Waals surface area contributed by atoms with Gasteiger partial charge in [-0.25, -0.2) is 9.38 Å². The van der Waals surface area contributed by atoms with Gasteiger partial charge >= 0.3 is 0 Å². The Balaban J connectivity index is 1.75. The summed E-state index contributed by atoms with van der Waals surface area (Å²) in [7, 11) is 0. The standard InChI is InChI=1S/C22H24FN3O2S/c1-4-12-26-21(28)18(29-22(26)24-17-10-8-16(23)9-11-17)13-19(27)25-20-14(2)6-5-7-15(20)3/h5-11,18H,4,12-13H2,1-3H3,(H,25,27)/t18-/m0/s1. The summed E-state index contributed by atoms with van der Waals surface area (Å²) >= 11 is 1.28. The van der Waals surface area contributed by atoms with E-state index in [1.165, 1.54) is 23.9 Å². The van der Waals surface area contributed by atoms with Gasteiger partial charge in [-0.2, -0.15) is 0 Å². The van der Waals surface area contributed by atoms with Crippen molar-refractivity contribution in [2.75, 3.05) is 11.9 Å². The first-order valence-corrected chi connectivity index (χ1v) is 10.5. The number of anilines is 1. The summed E-state index contributed by atoms with van der Waals surface area (Å²) in [4.78, 5) is 31.6. The molecule has 2 aromatic rings. The van der Waals surface area contributed by atoms with Gasteiger partial charge in [0.1, 0.15) is 11.1 Å². The van der Waals surface area contributed by atoms with Gasteiger partial charge in [0.15, 0.2) is 5.17 Å². The summed E-state index contributed by atoms with van der Waals surface area (Å²) in [6, 6.07) is 11.6. The topological polar surface area (TPSA) is 61.8 Å². The minimum absolute atomic E-state index is 0.0694. The number of aryl methyl sites for hydroxylation is 2. The Labute approximate surface area is 174 Å². The van der Waals surface area contributed by atoms with Crippen molar-refractivity contribution >= 4 is 40.1 Å². The Hall–Kier alpha value is -2.67. The van der Waals surface area contributed by atoms with Crippen LogP contribution >= 0.6 is 11.8 Å². The predicted octanol–water partition coefficient (Wildman–Crippen LogP) is 4.81. The number of amidine groups is 1. The Morgan fingerprint density at radius 1 is 1.17 bits per heavy atom. The number of aliphatic imine (C=N–C) groups is 1. The van der Waals surface area contributed by atoms with Gasteiger partial charge in [-0.3, -0.25) is 14.5 Å². The number of hydrogen-bond acceptors (Lipinski definition) is 4. The number of hydrogen-bond donors (Lipinski definition) is 1. The number of rotatable bonds is 6. The highest BCUT2D eigenvalue weighted by Gasteiger charge is 2.38. The quantitative estimate of drug-likeness (QED) is 0.739. The number of nitrogens with zero attached hydrogens (tertiary/aromatic N) is 2. The molecule has 1 atom stereocenters. The van der Waals surface area contributed by atoms with Gasteiger partial charge < -0.3 is 5.32 Å². The molecule has 152 valence electrons. The number of nitrogens with one attached hydrogen (secondary N) is 1. The average Bonchev–Trinajstić information content (AvgIpc) is 2.96. The maximum Gasteiger partial charge on any atom is 0.242 e. The van der Waals surface area contributed by atoms with Crippen LogP contribution in [0, 0.1) is 19.7 Å². The van der Waals surface area contributed by atoms with Gasteiger partial charge in [0.25, 0.3) is 0 Å². The normalized spacial score (nSPS) is 17.8. The van der Waals surface area contributed by atoms with Crippen LogP contribution < -0.4 is 5.32 Å². The SMILES string of the molecule is CCCN1C(=O)[C@H](CC(=O)Nc2c(C)cccc2C)SC1=Nc1ccc(F)cc1. The summed E-state index contributed by atoms with van der Waals surface area (Å²) in [5, 5.41) is 2.97. The molecule has 0 spiro atoms. The Bertz CT molecular complexity index is 923. The number of carbonyl (C=O) groups is 2. The summed E-state index contributed by atoms with van der Waals surface area (Å²) in [6.07, 6.45) is 0.843. The monoisotopic (exact) mass is 413 g/mol. The zero-order valence-corrected chi connectivity index (χ0v) is 17.6. The van der Waals surface area contributed by atoms with Crippen LogP contribution in [0.25, 0.3) is 0 Å². The Morgan fingerprint density at radius 3 is 2.45 bits per heavy atom. The smallest absolute Gasteiger partial charge is 0.242 e. The van der Waals surface area contributed by atoms with Crippen LogP contribution in [0.3, 0.4) is 0 Å². The molecular formula is C22H24FN3O2S. The van der Waals surface area contributed by atoms with E-state index in [-0.39, 0.29) is 24.1 Å². The van der Waals surface area contributed by atoms with E-state index in [2.05, 4.69) is 10.3 Å². The molecule has 1 saturated heterocycles. The highest BCUT2D eigenvalue weighted by molar-refractivity contribution is 8.15. The van der Waals surface area contributed by atoms with Crippen molar-refractivity contribution < 1.29 is 14.0 Å². The molecule has 7 heteroatoms. The highest BCUT2D eigenvalue weighted by atomic mass is 32.2. The van der Waals surface area contributed by atoms with E-state index in [9.17, 15) is 14.0 Å². The van der Waals surface area contributed by atoms with E-state index in [0.717, 1.165) is 23.2 Å². The van der Waals surface area contributed by atoms with Gasteiger partial charge in [0.05, 0.1) is 5.69 Å². The zero-order valence-electron chi connectivity index (χ0n) is 16.7. The second-order valence-electron chi connectivity index (χ2n) is 6.99. The van der Waals surface area contributed by atoms with Crippen LogP contribution in [0.2, 0.25) is 0 Å². The molecule has 0 bridgehead atoms. The third-order valence-corrected chi connectivity index (χ3v) is 5.81. The van der Waals surface area contributed by atoms with E-state index in [1.54, 1.807) is 17.0 Å². The van der Waals surface area contributed by atoms with Crippen molar-refractivity contribution in [2.24, 2.45) is 4.99 Å². The summed E-state index contributed by atoms with van der Waals surface area (Å²) in [5.41, 5.74) is 3.33. The lowest BCUT2D eigenvalue weighted by atomic mass is 10.1. The number of para-hydroxylation sites is 1. The van der Waals surface area contributed by atoms with Crippen molar-refractivity contribution in [3.05, 3.63) is 59.4 Å². The molecule has 1 fully saturated rings. The lowest BCUT2D eigenvalue weighted by Crippen LogP contribution is -2.34. The van der Waals surface area contributed by atoms with Gasteiger partial charge in [-0.1, -0.05) is 36.9 Å². The minimum Gasteiger partial charge on any atom is -0.326 e. The van der Waals surface area contributed by atoms with Crippen LogP contribution in [0.5, 0.6) is 0 Å². The molecule has 1 heterocycles. The van der Waals surface area contributed by atoms with Gasteiger partial charge in [0.2, 0.25) is 11.8 Å². The fourth-order valence-electron chi connectivity index (χ4n) is 3.15. The number of carbonyl (C=O) groups excluding carboxylic acids is 2. The van der Waals surface area contributed by atoms with E-state index >= 15 is 0 Å². The fraction of sp³-hybridized carbons (Fsp3) is 0.318. The van der Waals surface area contributed by atoms with Crippen molar-refractivity contribution in [3.8, 4) is 0 Å². The zero-order chi connectivity index (χ0) is 21.0. The maximum absolute atomic E-state index is 13.1. The van der Waals surface area contributed by atoms with Crippen LogP contribution in [-0.2, 0) is 9.59 Å². The second-order valence-corrected chi connectivity index (χ2v) is 8.16. The largest absolute Gasteiger partial charge is 0.326 e. The van der Waals surface area contributed by atoms with E-state index in [1.807, 2.05) is 39.0 Å². The molecule has 0 saturated carbocycles. The second kappa shape index (κ2) is 9.22. The number of amides is 2. The minimum atomic E-state index is -0.523. The molecule has 29 heavy (non-hydrogen) atoms. The molecule has 1 aliphatic heterocycles. The Morgan fingerprint density at radius 2 is 1.83 bits per heavy atom. The lowest BCUT2D eigenvalue weighted by Gasteiger charge is -2.15. The molecule has 0 aromatic heterocycles. The van der Waals surface area contributed by atoms with Gasteiger partial charge in [-0.05, 0) is 55.7 Å². The van der Waals surface area contributed by atoms with Crippen LogP contribution in [0.4, 0.5) is 15.8 Å². The van der Waals surface area contributed by atoms with Crippen LogP contribution in [-0.4, -0.2) is 33.7 Å². The average molecular weight is 414 g/mol. The Kier molecular flexibility index (Phi) is 6.69. The highest BCUT2D eigenvalue weighted by Crippen LogP contribution is 2.32. The number of thioether (sulfide) groups is 1. The maximum atomic E-state index is 13.1. The first kappa shape index (κ1) is 21.0. The van der Waals surface area contributed by atoms with Crippen molar-refractivity contribution in [1.82, 2.24) is 4.90 Å². The van der Waals surface area contributed by atoms with E-state index in [4.69, 9.17) is 0 Å². The summed E-state index contributed by atoms with van der Waals surface area (Å²) in [5.74, 6) is -0.655. The molecule has 1 N–H and O–H groups in total. The van der Waals surface area contributed by atoms with E-state index < -0.39 is 5.25 Å². The van der Waals surface area contributed by atoms with Crippen LogP contribution in [0.1, 0.15) is 30.9 Å². The molecule has 0 unspecified atom stereocenters.